The fraction of sp³-hybridized carbons (Fsp3) is 0.438. The number of nitrogens with zero attached hydrogens (tertiary/aromatic N) is 2. The van der Waals surface area contributed by atoms with E-state index in [0.717, 1.165) is 24.9 Å². The average Bonchev–Trinajstić information content (AvgIpc) is 2.95. The molecule has 0 radical (unpaired) electrons. The molecule has 0 aliphatic carbocycles. The van der Waals surface area contributed by atoms with Crippen LogP contribution in [0.2, 0.25) is 5.02 Å². The van der Waals surface area contributed by atoms with Gasteiger partial charge in [-0.15, -0.1) is 0 Å². The van der Waals surface area contributed by atoms with Crippen molar-refractivity contribution in [2.45, 2.75) is 31.8 Å². The molecule has 1 heterocycles. The molecule has 0 saturated carbocycles. The van der Waals surface area contributed by atoms with Crippen LogP contribution in [0.4, 0.5) is 0 Å². The second-order valence-corrected chi connectivity index (χ2v) is 5.64. The Morgan fingerprint density at radius 1 is 1.33 bits per heavy atom. The summed E-state index contributed by atoms with van der Waals surface area (Å²) >= 11 is 5.90. The van der Waals surface area contributed by atoms with Gasteiger partial charge in [0, 0.05) is 12.7 Å². The van der Waals surface area contributed by atoms with Gasteiger partial charge in [0.05, 0.1) is 23.4 Å². The maximum atomic E-state index is 10.0. The Morgan fingerprint density at radius 2 is 2.10 bits per heavy atom. The minimum absolute atomic E-state index is 0.0476. The van der Waals surface area contributed by atoms with E-state index in [2.05, 4.69) is 29.5 Å². The molecule has 5 heteroatoms. The molecular formula is C16H22ClN3O. The number of nitrogens with one attached hydrogen (secondary N) is 1. The standard InChI is InChI=1S/C16H22ClN3O/c1-2-9-18-16(13-21,14-6-4-3-5-7-14)8-10-20-12-15(17)11-19-20/h3-7,11-12,18,21H,2,8-10,13H2,1H3. The van der Waals surface area contributed by atoms with Gasteiger partial charge in [0.2, 0.25) is 0 Å². The van der Waals surface area contributed by atoms with Gasteiger partial charge >= 0.3 is 0 Å². The van der Waals surface area contributed by atoms with Gasteiger partial charge in [-0.2, -0.15) is 5.10 Å². The van der Waals surface area contributed by atoms with Crippen LogP contribution in [0.25, 0.3) is 0 Å². The SMILES string of the molecule is CCCNC(CO)(CCn1cc(Cl)cn1)c1ccccc1. The Balaban J connectivity index is 2.18. The highest BCUT2D eigenvalue weighted by molar-refractivity contribution is 6.30. The lowest BCUT2D eigenvalue weighted by Gasteiger charge is -2.34. The van der Waals surface area contributed by atoms with Crippen molar-refractivity contribution < 1.29 is 5.11 Å². The van der Waals surface area contributed by atoms with Crippen molar-refractivity contribution in [1.82, 2.24) is 15.1 Å². The van der Waals surface area contributed by atoms with Gasteiger partial charge in [-0.25, -0.2) is 0 Å². The smallest absolute Gasteiger partial charge is 0.0785 e. The monoisotopic (exact) mass is 307 g/mol. The summed E-state index contributed by atoms with van der Waals surface area (Å²) in [6.45, 7) is 3.72. The van der Waals surface area contributed by atoms with Crippen LogP contribution in [0.3, 0.4) is 0 Å². The highest BCUT2D eigenvalue weighted by Crippen LogP contribution is 2.25. The van der Waals surface area contributed by atoms with E-state index in [-0.39, 0.29) is 6.61 Å². The van der Waals surface area contributed by atoms with Crippen LogP contribution in [-0.2, 0) is 12.1 Å². The van der Waals surface area contributed by atoms with Gasteiger partial charge in [0.15, 0.2) is 0 Å². The Labute approximate surface area is 130 Å². The normalized spacial score (nSPS) is 14.0. The van der Waals surface area contributed by atoms with Crippen LogP contribution in [0, 0.1) is 0 Å². The van der Waals surface area contributed by atoms with E-state index in [1.807, 2.05) is 22.9 Å². The zero-order valence-corrected chi connectivity index (χ0v) is 13.1. The molecule has 0 saturated heterocycles. The Morgan fingerprint density at radius 3 is 2.67 bits per heavy atom. The lowest BCUT2D eigenvalue weighted by Crippen LogP contribution is -2.46. The van der Waals surface area contributed by atoms with Crippen molar-refractivity contribution in [2.24, 2.45) is 0 Å². The predicted octanol–water partition coefficient (Wildman–Crippen LogP) is 2.81. The fourth-order valence-electron chi connectivity index (χ4n) is 2.45. The zero-order valence-electron chi connectivity index (χ0n) is 12.3. The fourth-order valence-corrected chi connectivity index (χ4v) is 2.60. The topological polar surface area (TPSA) is 50.1 Å². The van der Waals surface area contributed by atoms with Gasteiger partial charge in [0.1, 0.15) is 0 Å². The molecule has 1 atom stereocenters. The first kappa shape index (κ1) is 16.0. The van der Waals surface area contributed by atoms with Gasteiger partial charge < -0.3 is 10.4 Å². The second-order valence-electron chi connectivity index (χ2n) is 5.20. The zero-order chi connectivity index (χ0) is 15.1. The minimum atomic E-state index is -0.449. The van der Waals surface area contributed by atoms with Crippen LogP contribution in [0.15, 0.2) is 42.7 Å². The lowest BCUT2D eigenvalue weighted by atomic mass is 9.87. The van der Waals surface area contributed by atoms with Crippen LogP contribution in [0.5, 0.6) is 0 Å². The molecule has 0 aliphatic heterocycles. The summed E-state index contributed by atoms with van der Waals surface area (Å²) in [5.41, 5.74) is 0.648. The van der Waals surface area contributed by atoms with Crippen LogP contribution in [0.1, 0.15) is 25.3 Å². The molecule has 1 unspecified atom stereocenters. The summed E-state index contributed by atoms with van der Waals surface area (Å²) < 4.78 is 1.81. The number of hydrogen-bond acceptors (Lipinski definition) is 3. The Hall–Kier alpha value is -1.36. The van der Waals surface area contributed by atoms with Crippen molar-refractivity contribution in [3.8, 4) is 0 Å². The molecule has 1 aromatic carbocycles. The molecule has 0 fully saturated rings. The van der Waals surface area contributed by atoms with E-state index in [0.29, 0.717) is 11.6 Å². The molecule has 0 spiro atoms. The predicted molar refractivity (Wildman–Crippen MR) is 85.4 cm³/mol. The summed E-state index contributed by atoms with van der Waals surface area (Å²) in [5.74, 6) is 0. The maximum Gasteiger partial charge on any atom is 0.0785 e. The Bertz CT molecular complexity index is 543. The lowest BCUT2D eigenvalue weighted by molar-refractivity contribution is 0.144. The molecule has 0 amide bonds. The summed E-state index contributed by atoms with van der Waals surface area (Å²) in [4.78, 5) is 0. The second kappa shape index (κ2) is 7.59. The van der Waals surface area contributed by atoms with Gasteiger partial charge in [0.25, 0.3) is 0 Å². The summed E-state index contributed by atoms with van der Waals surface area (Å²) in [6, 6.07) is 10.1. The van der Waals surface area contributed by atoms with Crippen molar-refractivity contribution in [1.29, 1.82) is 0 Å². The van der Waals surface area contributed by atoms with Crippen molar-refractivity contribution in [3.05, 3.63) is 53.3 Å². The Kier molecular flexibility index (Phi) is 5.79. The van der Waals surface area contributed by atoms with E-state index in [1.165, 1.54) is 0 Å². The summed E-state index contributed by atoms with van der Waals surface area (Å²) in [6.07, 6.45) is 5.19. The first-order chi connectivity index (χ1) is 10.2. The molecule has 21 heavy (non-hydrogen) atoms. The van der Waals surface area contributed by atoms with E-state index < -0.39 is 5.54 Å². The van der Waals surface area contributed by atoms with E-state index >= 15 is 0 Å². The average molecular weight is 308 g/mol. The third kappa shape index (κ3) is 4.06. The number of benzene rings is 1. The number of aryl methyl sites for hydroxylation is 1. The molecule has 0 aliphatic rings. The first-order valence-corrected chi connectivity index (χ1v) is 7.67. The highest BCUT2D eigenvalue weighted by atomic mass is 35.5. The van der Waals surface area contributed by atoms with Gasteiger partial charge in [-0.1, -0.05) is 48.9 Å². The molecule has 114 valence electrons. The molecule has 0 bridgehead atoms. The molecular weight excluding hydrogens is 286 g/mol. The number of rotatable bonds is 8. The maximum absolute atomic E-state index is 10.0. The van der Waals surface area contributed by atoms with Crippen molar-refractivity contribution in [3.63, 3.8) is 0 Å². The van der Waals surface area contributed by atoms with Crippen molar-refractivity contribution >= 4 is 11.6 Å². The molecule has 4 nitrogen and oxygen atoms in total. The first-order valence-electron chi connectivity index (χ1n) is 7.29. The third-order valence-electron chi connectivity index (χ3n) is 3.68. The van der Waals surface area contributed by atoms with Gasteiger partial charge in [-0.05, 0) is 24.9 Å². The van der Waals surface area contributed by atoms with Crippen LogP contribution in [-0.4, -0.2) is 28.0 Å². The summed E-state index contributed by atoms with van der Waals surface area (Å²) in [7, 11) is 0. The van der Waals surface area contributed by atoms with Crippen LogP contribution < -0.4 is 5.32 Å². The largest absolute Gasteiger partial charge is 0.394 e. The molecule has 2 aromatic rings. The van der Waals surface area contributed by atoms with Crippen LogP contribution >= 0.6 is 11.6 Å². The third-order valence-corrected chi connectivity index (χ3v) is 3.87. The number of aromatic nitrogens is 2. The number of aliphatic hydroxyl groups is 1. The molecule has 2 N–H and O–H groups in total. The minimum Gasteiger partial charge on any atom is -0.394 e. The number of hydrogen-bond donors (Lipinski definition) is 2. The van der Waals surface area contributed by atoms with E-state index in [1.54, 1.807) is 12.4 Å². The van der Waals surface area contributed by atoms with E-state index in [4.69, 9.17) is 11.6 Å². The van der Waals surface area contributed by atoms with Crippen molar-refractivity contribution in [2.75, 3.05) is 13.2 Å². The summed E-state index contributed by atoms with van der Waals surface area (Å²) in [5, 5.41) is 18.4. The van der Waals surface area contributed by atoms with E-state index in [9.17, 15) is 5.11 Å². The number of halogens is 1. The quantitative estimate of drug-likeness (QED) is 0.788. The van der Waals surface area contributed by atoms with Gasteiger partial charge in [-0.3, -0.25) is 4.68 Å². The molecule has 1 aromatic heterocycles. The molecule has 2 rings (SSSR count). The number of aliphatic hydroxyl groups excluding tert-OH is 1. The highest BCUT2D eigenvalue weighted by Gasteiger charge is 2.30.